The number of phenolic OH excluding ortho intramolecular Hbond substituents is 1. The van der Waals surface area contributed by atoms with E-state index < -0.39 is 5.91 Å². The Morgan fingerprint density at radius 1 is 1.40 bits per heavy atom. The van der Waals surface area contributed by atoms with Gasteiger partial charge < -0.3 is 5.11 Å². The summed E-state index contributed by atoms with van der Waals surface area (Å²) < 4.78 is 1.75. The third kappa shape index (κ3) is 2.69. The van der Waals surface area contributed by atoms with Crippen LogP contribution in [0.1, 0.15) is 27.3 Å². The standard InChI is InChI=1S/C14H16N4O2/c1-9-12(10(2)18(3)17-9)8-15-16-14(20)11-6-4-5-7-13(11)19/h4-8,19H,1-3H3,(H,16,20)/b15-8-. The van der Waals surface area contributed by atoms with Crippen molar-refractivity contribution in [3.63, 3.8) is 0 Å². The molecule has 1 aromatic heterocycles. The number of hydrogen-bond donors (Lipinski definition) is 2. The van der Waals surface area contributed by atoms with Crippen molar-refractivity contribution in [1.29, 1.82) is 0 Å². The highest BCUT2D eigenvalue weighted by molar-refractivity contribution is 5.97. The van der Waals surface area contributed by atoms with E-state index in [0.717, 1.165) is 17.0 Å². The van der Waals surface area contributed by atoms with E-state index in [2.05, 4.69) is 15.6 Å². The summed E-state index contributed by atoms with van der Waals surface area (Å²) in [7, 11) is 1.85. The highest BCUT2D eigenvalue weighted by atomic mass is 16.3. The third-order valence-corrected chi connectivity index (χ3v) is 3.07. The van der Waals surface area contributed by atoms with Crippen molar-refractivity contribution in [2.45, 2.75) is 13.8 Å². The summed E-state index contributed by atoms with van der Waals surface area (Å²) in [6.07, 6.45) is 1.55. The highest BCUT2D eigenvalue weighted by Crippen LogP contribution is 2.15. The van der Waals surface area contributed by atoms with Gasteiger partial charge in [-0.15, -0.1) is 0 Å². The second kappa shape index (κ2) is 5.56. The Hall–Kier alpha value is -2.63. The van der Waals surface area contributed by atoms with Crippen molar-refractivity contribution in [1.82, 2.24) is 15.2 Å². The Morgan fingerprint density at radius 3 is 2.70 bits per heavy atom. The minimum atomic E-state index is -0.460. The first-order chi connectivity index (χ1) is 9.50. The van der Waals surface area contributed by atoms with Crippen LogP contribution in [0, 0.1) is 13.8 Å². The summed E-state index contributed by atoms with van der Waals surface area (Å²) in [6, 6.07) is 6.31. The van der Waals surface area contributed by atoms with Gasteiger partial charge in [0.15, 0.2) is 0 Å². The number of amides is 1. The second-order valence-electron chi connectivity index (χ2n) is 4.42. The molecule has 2 aromatic rings. The van der Waals surface area contributed by atoms with Crippen LogP contribution in [-0.2, 0) is 7.05 Å². The Bertz CT molecular complexity index is 674. The lowest BCUT2D eigenvalue weighted by molar-refractivity contribution is 0.0952. The van der Waals surface area contributed by atoms with Crippen molar-refractivity contribution in [2.24, 2.45) is 12.1 Å². The first-order valence-electron chi connectivity index (χ1n) is 6.12. The first kappa shape index (κ1) is 13.8. The van der Waals surface area contributed by atoms with Gasteiger partial charge in [-0.3, -0.25) is 9.48 Å². The van der Waals surface area contributed by atoms with Crippen LogP contribution < -0.4 is 5.43 Å². The van der Waals surface area contributed by atoms with Gasteiger partial charge in [0.05, 0.1) is 17.5 Å². The molecular weight excluding hydrogens is 256 g/mol. The maximum absolute atomic E-state index is 11.8. The van der Waals surface area contributed by atoms with Gasteiger partial charge >= 0.3 is 0 Å². The number of carbonyl (C=O) groups is 1. The molecular formula is C14H16N4O2. The number of benzene rings is 1. The topological polar surface area (TPSA) is 79.5 Å². The van der Waals surface area contributed by atoms with E-state index in [4.69, 9.17) is 0 Å². The van der Waals surface area contributed by atoms with E-state index in [0.29, 0.717) is 0 Å². The molecule has 0 fully saturated rings. The molecule has 6 heteroatoms. The zero-order valence-corrected chi connectivity index (χ0v) is 11.6. The van der Waals surface area contributed by atoms with Crippen LogP contribution in [-0.4, -0.2) is 27.0 Å². The van der Waals surface area contributed by atoms with Gasteiger partial charge in [0.2, 0.25) is 0 Å². The number of rotatable bonds is 3. The molecule has 1 heterocycles. The largest absolute Gasteiger partial charge is 0.507 e. The van der Waals surface area contributed by atoms with Crippen LogP contribution >= 0.6 is 0 Å². The first-order valence-corrected chi connectivity index (χ1v) is 6.12. The molecule has 0 spiro atoms. The van der Waals surface area contributed by atoms with E-state index in [1.54, 1.807) is 23.0 Å². The van der Waals surface area contributed by atoms with E-state index in [1.807, 2.05) is 20.9 Å². The molecule has 1 aromatic carbocycles. The minimum Gasteiger partial charge on any atom is -0.507 e. The average Bonchev–Trinajstić information content (AvgIpc) is 2.65. The molecule has 2 rings (SSSR count). The fourth-order valence-corrected chi connectivity index (χ4v) is 1.86. The predicted molar refractivity (Wildman–Crippen MR) is 75.8 cm³/mol. The number of aryl methyl sites for hydroxylation is 2. The van der Waals surface area contributed by atoms with E-state index in [9.17, 15) is 9.90 Å². The van der Waals surface area contributed by atoms with Crippen LogP contribution in [0.25, 0.3) is 0 Å². The van der Waals surface area contributed by atoms with Gasteiger partial charge in [0.25, 0.3) is 5.91 Å². The molecule has 0 aliphatic heterocycles. The van der Waals surface area contributed by atoms with Crippen molar-refractivity contribution < 1.29 is 9.90 Å². The Morgan fingerprint density at radius 2 is 2.10 bits per heavy atom. The highest BCUT2D eigenvalue weighted by Gasteiger charge is 2.09. The van der Waals surface area contributed by atoms with E-state index in [1.165, 1.54) is 12.1 Å². The molecule has 0 saturated heterocycles. The lowest BCUT2D eigenvalue weighted by atomic mass is 10.2. The van der Waals surface area contributed by atoms with Gasteiger partial charge in [0, 0.05) is 18.3 Å². The summed E-state index contributed by atoms with van der Waals surface area (Å²) in [4.78, 5) is 11.8. The number of hydrogen-bond acceptors (Lipinski definition) is 4. The second-order valence-corrected chi connectivity index (χ2v) is 4.42. The fraction of sp³-hybridized carbons (Fsp3) is 0.214. The molecule has 0 aliphatic rings. The monoisotopic (exact) mass is 272 g/mol. The van der Waals surface area contributed by atoms with Gasteiger partial charge in [-0.25, -0.2) is 5.43 Å². The zero-order chi connectivity index (χ0) is 14.7. The smallest absolute Gasteiger partial charge is 0.275 e. The van der Waals surface area contributed by atoms with Crippen LogP contribution in [0.15, 0.2) is 29.4 Å². The normalized spacial score (nSPS) is 10.9. The fourth-order valence-electron chi connectivity index (χ4n) is 1.86. The molecule has 0 radical (unpaired) electrons. The Balaban J connectivity index is 2.11. The number of hydrazone groups is 1. The molecule has 0 unspecified atom stereocenters. The molecule has 6 nitrogen and oxygen atoms in total. The van der Waals surface area contributed by atoms with Gasteiger partial charge in [0.1, 0.15) is 5.75 Å². The number of nitrogens with zero attached hydrogens (tertiary/aromatic N) is 3. The summed E-state index contributed by atoms with van der Waals surface area (Å²) >= 11 is 0. The van der Waals surface area contributed by atoms with Crippen LogP contribution in [0.3, 0.4) is 0 Å². The number of aromatic hydroxyl groups is 1. The van der Waals surface area contributed by atoms with Gasteiger partial charge in [-0.1, -0.05) is 12.1 Å². The quantitative estimate of drug-likeness (QED) is 0.656. The summed E-state index contributed by atoms with van der Waals surface area (Å²) in [5, 5.41) is 17.7. The molecule has 1 amide bonds. The number of aromatic nitrogens is 2. The van der Waals surface area contributed by atoms with Gasteiger partial charge in [-0.2, -0.15) is 10.2 Å². The Labute approximate surface area is 116 Å². The number of phenols is 1. The Kier molecular flexibility index (Phi) is 3.84. The molecule has 0 bridgehead atoms. The molecule has 104 valence electrons. The van der Waals surface area contributed by atoms with Crippen molar-refractivity contribution in [3.8, 4) is 5.75 Å². The third-order valence-electron chi connectivity index (χ3n) is 3.07. The van der Waals surface area contributed by atoms with E-state index in [-0.39, 0.29) is 11.3 Å². The SMILES string of the molecule is Cc1nn(C)c(C)c1/C=N\NC(=O)c1ccccc1O. The molecule has 0 atom stereocenters. The summed E-state index contributed by atoms with van der Waals surface area (Å²) in [5.41, 5.74) is 5.24. The number of para-hydroxylation sites is 1. The minimum absolute atomic E-state index is 0.0751. The molecule has 2 N–H and O–H groups in total. The molecule has 20 heavy (non-hydrogen) atoms. The number of nitrogens with one attached hydrogen (secondary N) is 1. The van der Waals surface area contributed by atoms with Crippen molar-refractivity contribution >= 4 is 12.1 Å². The maximum atomic E-state index is 11.8. The van der Waals surface area contributed by atoms with E-state index >= 15 is 0 Å². The maximum Gasteiger partial charge on any atom is 0.275 e. The van der Waals surface area contributed by atoms with Crippen molar-refractivity contribution in [2.75, 3.05) is 0 Å². The average molecular weight is 272 g/mol. The van der Waals surface area contributed by atoms with Crippen LogP contribution in [0.2, 0.25) is 0 Å². The van der Waals surface area contributed by atoms with Gasteiger partial charge in [-0.05, 0) is 26.0 Å². The van der Waals surface area contributed by atoms with Crippen molar-refractivity contribution in [3.05, 3.63) is 46.8 Å². The van der Waals surface area contributed by atoms with Crippen LogP contribution in [0.5, 0.6) is 5.75 Å². The lowest BCUT2D eigenvalue weighted by Gasteiger charge is -2.01. The summed E-state index contributed by atoms with van der Waals surface area (Å²) in [6.45, 7) is 3.80. The number of carbonyl (C=O) groups excluding carboxylic acids is 1. The van der Waals surface area contributed by atoms with Crippen LogP contribution in [0.4, 0.5) is 0 Å². The lowest BCUT2D eigenvalue weighted by Crippen LogP contribution is -2.17. The summed E-state index contributed by atoms with van der Waals surface area (Å²) in [5.74, 6) is -0.535. The molecule has 0 aliphatic carbocycles. The predicted octanol–water partition coefficient (Wildman–Crippen LogP) is 1.51. The molecule has 0 saturated carbocycles. The zero-order valence-electron chi connectivity index (χ0n) is 11.6.